The van der Waals surface area contributed by atoms with Gasteiger partial charge in [0.25, 0.3) is 0 Å². The third-order valence-corrected chi connectivity index (χ3v) is 4.27. The Morgan fingerprint density at radius 1 is 1.38 bits per heavy atom. The molecule has 0 amide bonds. The van der Waals surface area contributed by atoms with Gasteiger partial charge >= 0.3 is 5.97 Å². The van der Waals surface area contributed by atoms with Crippen LogP contribution in [-0.2, 0) is 25.0 Å². The van der Waals surface area contributed by atoms with E-state index in [1.165, 1.54) is 6.92 Å². The van der Waals surface area contributed by atoms with Gasteiger partial charge in [0.05, 0.1) is 12.3 Å². The van der Waals surface area contributed by atoms with Crippen LogP contribution in [0.1, 0.15) is 18.1 Å². The zero-order valence-electron chi connectivity index (χ0n) is 12.4. The van der Waals surface area contributed by atoms with Crippen molar-refractivity contribution in [2.75, 3.05) is 30.9 Å². The van der Waals surface area contributed by atoms with Crippen molar-refractivity contribution < 1.29 is 17.9 Å². The lowest BCUT2D eigenvalue weighted by atomic mass is 10.1. The predicted octanol–water partition coefficient (Wildman–Crippen LogP) is 2.11. The first kappa shape index (κ1) is 17.8. The molecule has 0 aliphatic heterocycles. The monoisotopic (exact) mass is 333 g/mol. The Morgan fingerprint density at radius 2 is 2.05 bits per heavy atom. The van der Waals surface area contributed by atoms with Crippen LogP contribution in [0.3, 0.4) is 0 Å². The molecule has 0 radical (unpaired) electrons. The Hall–Kier alpha value is -1.27. The van der Waals surface area contributed by atoms with Gasteiger partial charge in [-0.15, -0.1) is 0 Å². The fourth-order valence-electron chi connectivity index (χ4n) is 1.89. The molecule has 0 aliphatic rings. The van der Waals surface area contributed by atoms with Crippen LogP contribution in [0.15, 0.2) is 18.2 Å². The molecule has 0 bridgehead atoms. The molecule has 0 unspecified atom stereocenters. The van der Waals surface area contributed by atoms with Crippen LogP contribution in [0.25, 0.3) is 0 Å². The fourth-order valence-corrected chi connectivity index (χ4v) is 2.58. The summed E-state index contributed by atoms with van der Waals surface area (Å²) in [7, 11) is 3.65. The first-order valence-corrected chi connectivity index (χ1v) is 9.03. The van der Waals surface area contributed by atoms with Crippen LogP contribution < -0.4 is 4.90 Å². The van der Waals surface area contributed by atoms with Crippen LogP contribution in [0.4, 0.5) is 5.69 Å². The summed E-state index contributed by atoms with van der Waals surface area (Å²) in [5, 5.41) is 0. The second-order valence-corrected chi connectivity index (χ2v) is 7.76. The SMILES string of the molecule is CC(=O)OCCN(C)c1ccc(CCS(=O)(=O)Cl)c(C)c1. The third-order valence-electron chi connectivity index (χ3n) is 3.11. The van der Waals surface area contributed by atoms with Crippen molar-refractivity contribution in [2.45, 2.75) is 20.3 Å². The number of benzene rings is 1. The average Bonchev–Trinajstić information content (AvgIpc) is 2.35. The molecule has 1 aromatic carbocycles. The number of hydrogen-bond acceptors (Lipinski definition) is 5. The number of rotatable bonds is 7. The molecule has 0 spiro atoms. The van der Waals surface area contributed by atoms with Crippen molar-refractivity contribution in [1.82, 2.24) is 0 Å². The number of anilines is 1. The van der Waals surface area contributed by atoms with Crippen molar-refractivity contribution in [2.24, 2.45) is 0 Å². The lowest BCUT2D eigenvalue weighted by Gasteiger charge is -2.20. The maximum absolute atomic E-state index is 11.0. The zero-order chi connectivity index (χ0) is 16.0. The Morgan fingerprint density at radius 3 is 2.57 bits per heavy atom. The zero-order valence-corrected chi connectivity index (χ0v) is 14.0. The van der Waals surface area contributed by atoms with Gasteiger partial charge in [-0.05, 0) is 36.6 Å². The minimum Gasteiger partial charge on any atom is -0.464 e. The first-order valence-electron chi connectivity index (χ1n) is 6.55. The topological polar surface area (TPSA) is 63.7 Å². The van der Waals surface area contributed by atoms with E-state index in [1.807, 2.05) is 37.1 Å². The number of nitrogens with zero attached hydrogens (tertiary/aromatic N) is 1. The van der Waals surface area contributed by atoms with E-state index in [-0.39, 0.29) is 11.7 Å². The highest BCUT2D eigenvalue weighted by Crippen LogP contribution is 2.19. The molecule has 1 aromatic rings. The number of halogens is 1. The van der Waals surface area contributed by atoms with Crippen molar-refractivity contribution in [1.29, 1.82) is 0 Å². The van der Waals surface area contributed by atoms with Gasteiger partial charge in [0, 0.05) is 30.3 Å². The number of esters is 1. The molecule has 0 saturated carbocycles. The van der Waals surface area contributed by atoms with Gasteiger partial charge in [-0.2, -0.15) is 0 Å². The van der Waals surface area contributed by atoms with E-state index >= 15 is 0 Å². The van der Waals surface area contributed by atoms with E-state index in [9.17, 15) is 13.2 Å². The van der Waals surface area contributed by atoms with Crippen LogP contribution in [0.2, 0.25) is 0 Å². The Bertz CT molecular complexity index is 601. The summed E-state index contributed by atoms with van der Waals surface area (Å²) in [5.74, 6) is -0.367. The summed E-state index contributed by atoms with van der Waals surface area (Å²) < 4.78 is 26.9. The molecule has 0 aromatic heterocycles. The van der Waals surface area contributed by atoms with E-state index in [1.54, 1.807) is 0 Å². The van der Waals surface area contributed by atoms with Crippen LogP contribution in [0.5, 0.6) is 0 Å². The average molecular weight is 334 g/mol. The standard InChI is InChI=1S/C14H20ClNO4S/c1-11-10-14(16(3)7-8-20-12(2)17)5-4-13(11)6-9-21(15,18)19/h4-5,10H,6-9H2,1-3H3. The Labute approximate surface area is 130 Å². The number of carbonyl (C=O) groups is 1. The summed E-state index contributed by atoms with van der Waals surface area (Å²) in [4.78, 5) is 12.7. The lowest BCUT2D eigenvalue weighted by Crippen LogP contribution is -2.23. The largest absolute Gasteiger partial charge is 0.464 e. The maximum Gasteiger partial charge on any atom is 0.302 e. The van der Waals surface area contributed by atoms with Gasteiger partial charge in [-0.1, -0.05) is 6.07 Å². The molecule has 1 rings (SSSR count). The summed E-state index contributed by atoms with van der Waals surface area (Å²) >= 11 is 0. The summed E-state index contributed by atoms with van der Waals surface area (Å²) in [6.45, 7) is 4.23. The summed E-state index contributed by atoms with van der Waals surface area (Å²) in [6, 6.07) is 5.79. The Kier molecular flexibility index (Phi) is 6.48. The first-order chi connectivity index (χ1) is 9.69. The molecule has 0 saturated heterocycles. The van der Waals surface area contributed by atoms with E-state index in [0.717, 1.165) is 16.8 Å². The fraction of sp³-hybridized carbons (Fsp3) is 0.500. The highest BCUT2D eigenvalue weighted by molar-refractivity contribution is 8.13. The molecule has 5 nitrogen and oxygen atoms in total. The predicted molar refractivity (Wildman–Crippen MR) is 84.4 cm³/mol. The summed E-state index contributed by atoms with van der Waals surface area (Å²) in [5.41, 5.74) is 2.95. The van der Waals surface area contributed by atoms with Gasteiger partial charge in [-0.25, -0.2) is 8.42 Å². The van der Waals surface area contributed by atoms with Crippen molar-refractivity contribution in [3.63, 3.8) is 0 Å². The number of ether oxygens (including phenoxy) is 1. The minimum atomic E-state index is -3.47. The van der Waals surface area contributed by atoms with E-state index in [2.05, 4.69) is 0 Å². The second-order valence-electron chi connectivity index (χ2n) is 4.87. The lowest BCUT2D eigenvalue weighted by molar-refractivity contribution is -0.140. The highest BCUT2D eigenvalue weighted by Gasteiger charge is 2.09. The van der Waals surface area contributed by atoms with Crippen LogP contribution in [0, 0.1) is 6.92 Å². The van der Waals surface area contributed by atoms with Crippen LogP contribution >= 0.6 is 10.7 Å². The maximum atomic E-state index is 11.0. The number of aryl methyl sites for hydroxylation is 2. The van der Waals surface area contributed by atoms with Crippen LogP contribution in [-0.4, -0.2) is 40.3 Å². The molecule has 118 valence electrons. The molecule has 0 atom stereocenters. The Balaban J connectivity index is 2.66. The molecule has 0 heterocycles. The molecular weight excluding hydrogens is 314 g/mol. The van der Waals surface area contributed by atoms with Gasteiger partial charge in [0.1, 0.15) is 6.61 Å². The highest BCUT2D eigenvalue weighted by atomic mass is 35.7. The molecule has 0 fully saturated rings. The van der Waals surface area contributed by atoms with E-state index in [0.29, 0.717) is 19.6 Å². The van der Waals surface area contributed by atoms with Gasteiger partial charge in [-0.3, -0.25) is 4.79 Å². The molecule has 0 aliphatic carbocycles. The van der Waals surface area contributed by atoms with Gasteiger partial charge in [0.2, 0.25) is 9.05 Å². The quantitative estimate of drug-likeness (QED) is 0.565. The molecule has 21 heavy (non-hydrogen) atoms. The van der Waals surface area contributed by atoms with E-state index in [4.69, 9.17) is 15.4 Å². The molecular formula is C14H20ClNO4S. The van der Waals surface area contributed by atoms with Gasteiger partial charge < -0.3 is 9.64 Å². The van der Waals surface area contributed by atoms with Gasteiger partial charge in [0.15, 0.2) is 0 Å². The second kappa shape index (κ2) is 7.66. The smallest absolute Gasteiger partial charge is 0.302 e. The molecule has 0 N–H and O–H groups in total. The minimum absolute atomic E-state index is 0.0724. The number of likely N-dealkylation sites (N-methyl/N-ethyl adjacent to an activating group) is 1. The number of hydrogen-bond donors (Lipinski definition) is 0. The molecule has 7 heteroatoms. The van der Waals surface area contributed by atoms with Crippen molar-refractivity contribution in [3.05, 3.63) is 29.3 Å². The summed E-state index contributed by atoms with van der Waals surface area (Å²) in [6.07, 6.45) is 0.398. The van der Waals surface area contributed by atoms with Crippen molar-refractivity contribution in [3.8, 4) is 0 Å². The van der Waals surface area contributed by atoms with E-state index < -0.39 is 9.05 Å². The van der Waals surface area contributed by atoms with Crippen molar-refractivity contribution >= 4 is 31.4 Å². The number of carbonyl (C=O) groups excluding carboxylic acids is 1. The normalized spacial score (nSPS) is 11.2. The third kappa shape index (κ3) is 6.82.